The molecule has 1 aliphatic heterocycles. The summed E-state index contributed by atoms with van der Waals surface area (Å²) in [7, 11) is 0. The molecular formula is C19H14Cl3N5O. The fraction of sp³-hybridized carbons (Fsp3) is 0.105. The molecule has 4 rings (SSSR count). The number of aromatic nitrogens is 2. The highest BCUT2D eigenvalue weighted by atomic mass is 35.5. The van der Waals surface area contributed by atoms with Crippen molar-refractivity contribution in [3.8, 4) is 0 Å². The third-order valence-electron chi connectivity index (χ3n) is 4.25. The lowest BCUT2D eigenvalue weighted by Crippen LogP contribution is -2.31. The van der Waals surface area contributed by atoms with Gasteiger partial charge in [-0.1, -0.05) is 46.9 Å². The topological polar surface area (TPSA) is 62.5 Å². The van der Waals surface area contributed by atoms with Gasteiger partial charge in [0, 0.05) is 27.5 Å². The van der Waals surface area contributed by atoms with Crippen molar-refractivity contribution in [1.82, 2.24) is 14.8 Å². The van der Waals surface area contributed by atoms with Crippen LogP contribution in [0.2, 0.25) is 15.1 Å². The Balaban J connectivity index is 1.62. The third-order valence-corrected chi connectivity index (χ3v) is 4.95. The molecule has 0 fully saturated rings. The first-order valence-electron chi connectivity index (χ1n) is 8.38. The summed E-state index contributed by atoms with van der Waals surface area (Å²) >= 11 is 17.9. The molecule has 0 saturated carbocycles. The van der Waals surface area contributed by atoms with Gasteiger partial charge in [-0.05, 0) is 36.4 Å². The smallest absolute Gasteiger partial charge is 0.306 e. The Morgan fingerprint density at radius 3 is 2.21 bits per heavy atom. The average molecular weight is 435 g/mol. The number of nitrogens with zero attached hydrogens (tertiary/aromatic N) is 4. The number of carbonyl (C=O) groups is 1. The van der Waals surface area contributed by atoms with Crippen molar-refractivity contribution in [1.29, 1.82) is 0 Å². The maximum absolute atomic E-state index is 12.7. The number of rotatable bonds is 3. The molecule has 0 aliphatic carbocycles. The second kappa shape index (κ2) is 7.83. The lowest BCUT2D eigenvalue weighted by molar-refractivity contribution is 0.215. The number of anilines is 1. The van der Waals surface area contributed by atoms with E-state index in [9.17, 15) is 4.79 Å². The standard InChI is InChI=1S/C19H14Cl3N5O/c20-13-3-1-12(2-4-13)18-17(26-10-15(22)9-23-26)11-27(25-18)19(28)24-16-7-5-14(21)6-8-16/h1-10,17H,11H2,(H,24,28). The van der Waals surface area contributed by atoms with Gasteiger partial charge in [0.25, 0.3) is 0 Å². The van der Waals surface area contributed by atoms with E-state index >= 15 is 0 Å². The van der Waals surface area contributed by atoms with Crippen LogP contribution >= 0.6 is 34.8 Å². The number of hydrogen-bond acceptors (Lipinski definition) is 3. The quantitative estimate of drug-likeness (QED) is 0.605. The molecule has 0 bridgehead atoms. The zero-order valence-corrected chi connectivity index (χ0v) is 16.7. The predicted molar refractivity (Wildman–Crippen MR) is 111 cm³/mol. The normalized spacial score (nSPS) is 16.2. The summed E-state index contributed by atoms with van der Waals surface area (Å²) < 4.78 is 1.70. The van der Waals surface area contributed by atoms with E-state index in [1.807, 2.05) is 12.1 Å². The second-order valence-electron chi connectivity index (χ2n) is 6.17. The van der Waals surface area contributed by atoms with Gasteiger partial charge in [-0.15, -0.1) is 0 Å². The first-order valence-corrected chi connectivity index (χ1v) is 9.51. The highest BCUT2D eigenvalue weighted by Crippen LogP contribution is 2.26. The highest BCUT2D eigenvalue weighted by Gasteiger charge is 2.33. The fourth-order valence-electron chi connectivity index (χ4n) is 2.90. The number of urea groups is 1. The van der Waals surface area contributed by atoms with E-state index in [2.05, 4.69) is 15.5 Å². The van der Waals surface area contributed by atoms with Gasteiger partial charge in [-0.25, -0.2) is 9.80 Å². The van der Waals surface area contributed by atoms with E-state index in [4.69, 9.17) is 34.8 Å². The molecule has 3 aromatic rings. The van der Waals surface area contributed by atoms with Crippen molar-refractivity contribution < 1.29 is 4.79 Å². The van der Waals surface area contributed by atoms with Gasteiger partial charge >= 0.3 is 6.03 Å². The van der Waals surface area contributed by atoms with E-state index < -0.39 is 0 Å². The predicted octanol–water partition coefficient (Wildman–Crippen LogP) is 5.34. The Kier molecular flexibility index (Phi) is 5.26. The van der Waals surface area contributed by atoms with Gasteiger partial charge in [0.15, 0.2) is 0 Å². The van der Waals surface area contributed by atoms with Crippen LogP contribution < -0.4 is 5.32 Å². The summed E-state index contributed by atoms with van der Waals surface area (Å²) in [6, 6.07) is 13.5. The number of nitrogens with one attached hydrogen (secondary N) is 1. The van der Waals surface area contributed by atoms with Crippen LogP contribution in [0.3, 0.4) is 0 Å². The zero-order chi connectivity index (χ0) is 19.7. The van der Waals surface area contributed by atoms with Crippen molar-refractivity contribution in [3.63, 3.8) is 0 Å². The summed E-state index contributed by atoms with van der Waals surface area (Å²) in [5.74, 6) is 0. The molecule has 1 unspecified atom stereocenters. The molecule has 1 aromatic heterocycles. The molecule has 0 saturated heterocycles. The van der Waals surface area contributed by atoms with Crippen molar-refractivity contribution in [2.45, 2.75) is 6.04 Å². The van der Waals surface area contributed by atoms with Crippen molar-refractivity contribution in [2.75, 3.05) is 11.9 Å². The van der Waals surface area contributed by atoms with Crippen LogP contribution in [0.4, 0.5) is 10.5 Å². The maximum Gasteiger partial charge on any atom is 0.342 e. The fourth-order valence-corrected chi connectivity index (χ4v) is 3.30. The number of amides is 2. The van der Waals surface area contributed by atoms with Gasteiger partial charge in [-0.2, -0.15) is 10.2 Å². The summed E-state index contributed by atoms with van der Waals surface area (Å²) in [5.41, 5.74) is 2.17. The number of hydrogen-bond donors (Lipinski definition) is 1. The van der Waals surface area contributed by atoms with Crippen LogP contribution in [0.5, 0.6) is 0 Å². The van der Waals surface area contributed by atoms with Crippen LogP contribution in [0.1, 0.15) is 11.6 Å². The van der Waals surface area contributed by atoms with E-state index in [0.717, 1.165) is 5.56 Å². The molecule has 1 atom stereocenters. The van der Waals surface area contributed by atoms with Crippen molar-refractivity contribution in [2.24, 2.45) is 5.10 Å². The molecule has 0 spiro atoms. The molecule has 2 heterocycles. The summed E-state index contributed by atoms with van der Waals surface area (Å²) in [5, 5.41) is 14.7. The summed E-state index contributed by atoms with van der Waals surface area (Å²) in [6.45, 7) is 0.315. The zero-order valence-electron chi connectivity index (χ0n) is 14.4. The maximum atomic E-state index is 12.7. The minimum Gasteiger partial charge on any atom is -0.306 e. The Bertz CT molecular complexity index is 1030. The van der Waals surface area contributed by atoms with E-state index in [0.29, 0.717) is 33.0 Å². The largest absolute Gasteiger partial charge is 0.342 e. The molecule has 142 valence electrons. The van der Waals surface area contributed by atoms with Crippen molar-refractivity contribution >= 4 is 52.2 Å². The molecule has 0 radical (unpaired) electrons. The highest BCUT2D eigenvalue weighted by molar-refractivity contribution is 6.31. The average Bonchev–Trinajstić information content (AvgIpc) is 3.31. The molecule has 1 aliphatic rings. The molecule has 1 N–H and O–H groups in total. The first kappa shape index (κ1) is 18.8. The summed E-state index contributed by atoms with van der Waals surface area (Å²) in [4.78, 5) is 12.7. The molecule has 28 heavy (non-hydrogen) atoms. The molecule has 2 amide bonds. The van der Waals surface area contributed by atoms with Gasteiger partial charge in [-0.3, -0.25) is 4.68 Å². The molecular weight excluding hydrogens is 421 g/mol. The van der Waals surface area contributed by atoms with Gasteiger partial charge in [0.1, 0.15) is 6.04 Å². The Hall–Kier alpha value is -2.54. The van der Waals surface area contributed by atoms with Crippen LogP contribution in [0.15, 0.2) is 66.0 Å². The second-order valence-corrected chi connectivity index (χ2v) is 7.47. The number of halogens is 3. The van der Waals surface area contributed by atoms with E-state index in [1.54, 1.807) is 53.5 Å². The Labute approximate surface area is 176 Å². The third kappa shape index (κ3) is 3.99. The van der Waals surface area contributed by atoms with Crippen LogP contribution in [0.25, 0.3) is 0 Å². The van der Waals surface area contributed by atoms with Crippen LogP contribution in [-0.2, 0) is 0 Å². The van der Waals surface area contributed by atoms with Gasteiger partial charge in [0.05, 0.1) is 23.5 Å². The minimum absolute atomic E-state index is 0.273. The monoisotopic (exact) mass is 433 g/mol. The first-order chi connectivity index (χ1) is 13.5. The number of benzene rings is 2. The Morgan fingerprint density at radius 1 is 0.964 bits per heavy atom. The van der Waals surface area contributed by atoms with Crippen LogP contribution in [-0.4, -0.2) is 33.1 Å². The van der Waals surface area contributed by atoms with Gasteiger partial charge in [0.2, 0.25) is 0 Å². The number of carbonyl (C=O) groups excluding carboxylic acids is 1. The Morgan fingerprint density at radius 2 is 1.61 bits per heavy atom. The van der Waals surface area contributed by atoms with Gasteiger partial charge < -0.3 is 5.32 Å². The summed E-state index contributed by atoms with van der Waals surface area (Å²) in [6.07, 6.45) is 3.26. The van der Waals surface area contributed by atoms with Crippen LogP contribution in [0, 0.1) is 0 Å². The molecule has 6 nitrogen and oxygen atoms in total. The van der Waals surface area contributed by atoms with Crippen molar-refractivity contribution in [3.05, 3.63) is 81.6 Å². The number of hydrazone groups is 1. The SMILES string of the molecule is O=C(Nc1ccc(Cl)cc1)N1CC(n2cc(Cl)cn2)C(c2ccc(Cl)cc2)=N1. The lowest BCUT2D eigenvalue weighted by atomic mass is 10.0. The van der Waals surface area contributed by atoms with E-state index in [1.165, 1.54) is 5.01 Å². The van der Waals surface area contributed by atoms with E-state index in [-0.39, 0.29) is 12.1 Å². The molecule has 9 heteroatoms. The lowest BCUT2D eigenvalue weighted by Gasteiger charge is -2.16. The minimum atomic E-state index is -0.352. The molecule has 2 aromatic carbocycles.